The van der Waals surface area contributed by atoms with Crippen LogP contribution >= 0.6 is 11.6 Å². The molecule has 1 fully saturated rings. The van der Waals surface area contributed by atoms with Gasteiger partial charge in [0.2, 0.25) is 10.0 Å². The lowest BCUT2D eigenvalue weighted by Gasteiger charge is -2.34. The summed E-state index contributed by atoms with van der Waals surface area (Å²) in [6.07, 6.45) is -0.404. The Bertz CT molecular complexity index is 1060. The fourth-order valence-corrected chi connectivity index (χ4v) is 5.13. The molecule has 1 heterocycles. The average Bonchev–Trinajstić information content (AvgIpc) is 2.76. The Morgan fingerprint density at radius 2 is 1.72 bits per heavy atom. The van der Waals surface area contributed by atoms with E-state index in [9.17, 15) is 18.0 Å². The molecule has 0 radical (unpaired) electrons. The SMILES string of the molecule is CC1CN(S(=O)(=O)c2ccc(C(=O)OCC(=O)NCc3ccccc3Cl)cc2)CC(C)O1. The van der Waals surface area contributed by atoms with Crippen molar-refractivity contribution in [1.29, 1.82) is 0 Å². The number of carbonyl (C=O) groups excluding carboxylic acids is 2. The smallest absolute Gasteiger partial charge is 0.338 e. The van der Waals surface area contributed by atoms with Crippen LogP contribution in [0.2, 0.25) is 5.02 Å². The van der Waals surface area contributed by atoms with Gasteiger partial charge in [-0.2, -0.15) is 4.31 Å². The van der Waals surface area contributed by atoms with E-state index in [1.54, 1.807) is 24.3 Å². The average molecular weight is 481 g/mol. The van der Waals surface area contributed by atoms with Crippen LogP contribution in [0.25, 0.3) is 0 Å². The number of nitrogens with one attached hydrogen (secondary N) is 1. The quantitative estimate of drug-likeness (QED) is 0.611. The molecule has 1 saturated heterocycles. The Hall–Kier alpha value is -2.46. The summed E-state index contributed by atoms with van der Waals surface area (Å²) in [5.41, 5.74) is 0.890. The fraction of sp³-hybridized carbons (Fsp3) is 0.364. The number of hydrogen-bond donors (Lipinski definition) is 1. The zero-order valence-electron chi connectivity index (χ0n) is 17.8. The maximum Gasteiger partial charge on any atom is 0.338 e. The summed E-state index contributed by atoms with van der Waals surface area (Å²) in [5.74, 6) is -1.21. The zero-order chi connectivity index (χ0) is 23.3. The van der Waals surface area contributed by atoms with Gasteiger partial charge in [0.25, 0.3) is 5.91 Å². The van der Waals surface area contributed by atoms with E-state index < -0.39 is 28.5 Å². The van der Waals surface area contributed by atoms with E-state index in [-0.39, 0.29) is 42.3 Å². The van der Waals surface area contributed by atoms with Crippen LogP contribution in [0.5, 0.6) is 0 Å². The zero-order valence-corrected chi connectivity index (χ0v) is 19.4. The van der Waals surface area contributed by atoms with Gasteiger partial charge >= 0.3 is 5.97 Å². The molecule has 1 aliphatic heterocycles. The van der Waals surface area contributed by atoms with E-state index in [1.807, 2.05) is 13.8 Å². The van der Waals surface area contributed by atoms with Crippen LogP contribution in [0.3, 0.4) is 0 Å². The first kappa shape index (κ1) is 24.2. The van der Waals surface area contributed by atoms with Gasteiger partial charge in [-0.25, -0.2) is 13.2 Å². The third kappa shape index (κ3) is 6.07. The summed E-state index contributed by atoms with van der Waals surface area (Å²) in [7, 11) is -3.71. The van der Waals surface area contributed by atoms with Crippen molar-refractivity contribution >= 4 is 33.5 Å². The summed E-state index contributed by atoms with van der Waals surface area (Å²) in [6.45, 7) is 3.91. The number of amides is 1. The highest BCUT2D eigenvalue weighted by Crippen LogP contribution is 2.21. The second-order valence-electron chi connectivity index (χ2n) is 7.55. The number of nitrogens with zero attached hydrogens (tertiary/aromatic N) is 1. The molecule has 0 spiro atoms. The highest BCUT2D eigenvalue weighted by Gasteiger charge is 2.32. The van der Waals surface area contributed by atoms with Crippen LogP contribution in [0.4, 0.5) is 0 Å². The minimum absolute atomic E-state index is 0.0767. The molecular formula is C22H25ClN2O6S. The fourth-order valence-electron chi connectivity index (χ4n) is 3.34. The molecule has 0 bridgehead atoms. The Labute approximate surface area is 192 Å². The number of morpholine rings is 1. The monoisotopic (exact) mass is 480 g/mol. The van der Waals surface area contributed by atoms with Crippen molar-refractivity contribution < 1.29 is 27.5 Å². The lowest BCUT2D eigenvalue weighted by molar-refractivity contribution is -0.124. The van der Waals surface area contributed by atoms with Crippen LogP contribution < -0.4 is 5.32 Å². The largest absolute Gasteiger partial charge is 0.452 e. The van der Waals surface area contributed by atoms with E-state index in [4.69, 9.17) is 21.1 Å². The minimum atomic E-state index is -3.71. The van der Waals surface area contributed by atoms with E-state index in [0.29, 0.717) is 5.02 Å². The topological polar surface area (TPSA) is 102 Å². The summed E-state index contributed by atoms with van der Waals surface area (Å²) in [5, 5.41) is 3.15. The van der Waals surface area contributed by atoms with Gasteiger partial charge in [0, 0.05) is 24.7 Å². The first-order valence-corrected chi connectivity index (χ1v) is 11.9. The van der Waals surface area contributed by atoms with E-state index in [2.05, 4.69) is 5.32 Å². The maximum atomic E-state index is 12.9. The number of benzene rings is 2. The molecule has 1 aliphatic rings. The van der Waals surface area contributed by atoms with Crippen LogP contribution in [0.1, 0.15) is 29.8 Å². The number of rotatable bonds is 7. The normalized spacial score (nSPS) is 19.3. The molecule has 3 rings (SSSR count). The molecule has 0 aromatic heterocycles. The molecule has 2 aromatic carbocycles. The first-order chi connectivity index (χ1) is 15.2. The van der Waals surface area contributed by atoms with Gasteiger partial charge in [0.15, 0.2) is 6.61 Å². The summed E-state index contributed by atoms with van der Waals surface area (Å²) in [4.78, 5) is 24.3. The van der Waals surface area contributed by atoms with Crippen molar-refractivity contribution in [3.8, 4) is 0 Å². The Morgan fingerprint density at radius 3 is 2.34 bits per heavy atom. The molecule has 2 atom stereocenters. The molecule has 2 unspecified atom stereocenters. The number of sulfonamides is 1. The van der Waals surface area contributed by atoms with Crippen molar-refractivity contribution in [3.63, 3.8) is 0 Å². The molecule has 172 valence electrons. The molecular weight excluding hydrogens is 456 g/mol. The van der Waals surface area contributed by atoms with Crippen LogP contribution in [-0.4, -0.2) is 56.5 Å². The predicted molar refractivity (Wildman–Crippen MR) is 119 cm³/mol. The van der Waals surface area contributed by atoms with Crippen molar-refractivity contribution in [1.82, 2.24) is 9.62 Å². The highest BCUT2D eigenvalue weighted by molar-refractivity contribution is 7.89. The molecule has 2 aromatic rings. The Morgan fingerprint density at radius 1 is 1.09 bits per heavy atom. The first-order valence-electron chi connectivity index (χ1n) is 10.1. The molecule has 0 saturated carbocycles. The van der Waals surface area contributed by atoms with E-state index in [0.717, 1.165) is 5.56 Å². The lowest BCUT2D eigenvalue weighted by atomic mass is 10.2. The van der Waals surface area contributed by atoms with Gasteiger partial charge in [0.05, 0.1) is 22.7 Å². The van der Waals surface area contributed by atoms with Crippen molar-refractivity contribution in [3.05, 3.63) is 64.7 Å². The van der Waals surface area contributed by atoms with Crippen molar-refractivity contribution in [2.45, 2.75) is 37.5 Å². The van der Waals surface area contributed by atoms with Crippen molar-refractivity contribution in [2.75, 3.05) is 19.7 Å². The van der Waals surface area contributed by atoms with Crippen LogP contribution in [-0.2, 0) is 30.8 Å². The molecule has 10 heteroatoms. The highest BCUT2D eigenvalue weighted by atomic mass is 35.5. The number of hydrogen-bond acceptors (Lipinski definition) is 6. The van der Waals surface area contributed by atoms with Crippen LogP contribution in [0.15, 0.2) is 53.4 Å². The van der Waals surface area contributed by atoms with Crippen LogP contribution in [0, 0.1) is 0 Å². The predicted octanol–water partition coefficient (Wildman–Crippen LogP) is 2.61. The van der Waals surface area contributed by atoms with E-state index >= 15 is 0 Å². The maximum absolute atomic E-state index is 12.9. The second kappa shape index (κ2) is 10.4. The standard InChI is InChI=1S/C22H25ClN2O6S/c1-15-12-25(13-16(2)31-15)32(28,29)19-9-7-17(8-10-19)22(27)30-14-21(26)24-11-18-5-3-4-6-20(18)23/h3-10,15-16H,11-14H2,1-2H3,(H,24,26). The van der Waals surface area contributed by atoms with Gasteiger partial charge in [-0.05, 0) is 49.7 Å². The molecule has 1 N–H and O–H groups in total. The van der Waals surface area contributed by atoms with E-state index in [1.165, 1.54) is 28.6 Å². The van der Waals surface area contributed by atoms with Gasteiger partial charge in [0.1, 0.15) is 0 Å². The van der Waals surface area contributed by atoms with Gasteiger partial charge in [-0.3, -0.25) is 4.79 Å². The molecule has 8 nitrogen and oxygen atoms in total. The summed E-state index contributed by atoms with van der Waals surface area (Å²) < 4.78 is 37.7. The molecule has 1 amide bonds. The minimum Gasteiger partial charge on any atom is -0.452 e. The molecule has 0 aliphatic carbocycles. The lowest BCUT2D eigenvalue weighted by Crippen LogP contribution is -2.48. The third-order valence-corrected chi connectivity index (χ3v) is 7.10. The molecule has 32 heavy (non-hydrogen) atoms. The Kier molecular flexibility index (Phi) is 7.89. The Balaban J connectivity index is 1.54. The number of ether oxygens (including phenoxy) is 2. The van der Waals surface area contributed by atoms with Gasteiger partial charge in [-0.15, -0.1) is 0 Å². The third-order valence-electron chi connectivity index (χ3n) is 4.88. The summed E-state index contributed by atoms with van der Waals surface area (Å²) in [6, 6.07) is 12.5. The summed E-state index contributed by atoms with van der Waals surface area (Å²) >= 11 is 6.04. The van der Waals surface area contributed by atoms with Gasteiger partial charge < -0.3 is 14.8 Å². The van der Waals surface area contributed by atoms with Gasteiger partial charge in [-0.1, -0.05) is 29.8 Å². The second-order valence-corrected chi connectivity index (χ2v) is 9.89. The number of esters is 1. The van der Waals surface area contributed by atoms with Crippen molar-refractivity contribution in [2.24, 2.45) is 0 Å². The number of halogens is 1. The number of carbonyl (C=O) groups is 2.